The van der Waals surface area contributed by atoms with Crippen molar-refractivity contribution in [1.29, 1.82) is 0 Å². The normalized spacial score (nSPS) is 14.7. The number of nitrogens with zero attached hydrogens (tertiary/aromatic N) is 4. The number of nitrogens with one attached hydrogen (secondary N) is 2. The van der Waals surface area contributed by atoms with Crippen molar-refractivity contribution in [1.82, 2.24) is 19.3 Å². The molecule has 0 saturated carbocycles. The van der Waals surface area contributed by atoms with Crippen molar-refractivity contribution >= 4 is 28.2 Å². The Morgan fingerprint density at radius 2 is 2.16 bits per heavy atom. The van der Waals surface area contributed by atoms with Gasteiger partial charge in [-0.3, -0.25) is 0 Å². The highest BCUT2D eigenvalue weighted by Crippen LogP contribution is 2.36. The first kappa shape index (κ1) is 15.8. The number of hydrogen-bond acceptors (Lipinski definition) is 8. The highest BCUT2D eigenvalue weighted by Gasteiger charge is 2.30. The topological polar surface area (TPSA) is 84.9 Å². The fourth-order valence-corrected chi connectivity index (χ4v) is 3.39. The molecule has 3 aromatic heterocycles. The average molecular weight is 354 g/mol. The molecule has 0 spiro atoms. The van der Waals surface area contributed by atoms with Crippen molar-refractivity contribution in [3.05, 3.63) is 36.2 Å². The van der Waals surface area contributed by atoms with Crippen LogP contribution in [0.15, 0.2) is 30.6 Å². The SMILES string of the molecule is CNc1cccnc1Nc1nc(-c2cc3c(cn2)OC(C)(C)C3)ns1. The predicted molar refractivity (Wildman–Crippen MR) is 98.6 cm³/mol. The Balaban J connectivity index is 1.58. The minimum absolute atomic E-state index is 0.187. The Hall–Kier alpha value is -2.74. The number of aromatic nitrogens is 4. The van der Waals surface area contributed by atoms with E-state index in [4.69, 9.17) is 4.74 Å². The molecule has 0 bridgehead atoms. The molecule has 0 saturated heterocycles. The van der Waals surface area contributed by atoms with Gasteiger partial charge < -0.3 is 15.4 Å². The molecule has 1 aliphatic heterocycles. The summed E-state index contributed by atoms with van der Waals surface area (Å²) in [6.45, 7) is 4.14. The van der Waals surface area contributed by atoms with Gasteiger partial charge in [-0.1, -0.05) is 0 Å². The third-order valence-corrected chi connectivity index (χ3v) is 4.54. The van der Waals surface area contributed by atoms with Crippen LogP contribution in [0.1, 0.15) is 19.4 Å². The quantitative estimate of drug-likeness (QED) is 0.742. The standard InChI is InChI=1S/C17H18N6OS/c1-17(2)8-10-7-12(20-9-13(10)24-17)15-22-16(25-23-15)21-14-11(18-3)5-4-6-19-14/h4-7,9,18H,8H2,1-3H3,(H,19,21,22,23). The van der Waals surface area contributed by atoms with Crippen LogP contribution >= 0.6 is 11.5 Å². The number of pyridine rings is 2. The number of hydrogen-bond donors (Lipinski definition) is 2. The molecule has 3 aromatic rings. The lowest BCUT2D eigenvalue weighted by Crippen LogP contribution is -2.24. The summed E-state index contributed by atoms with van der Waals surface area (Å²) in [7, 11) is 1.85. The monoisotopic (exact) mass is 354 g/mol. The van der Waals surface area contributed by atoms with Crippen molar-refractivity contribution in [3.8, 4) is 17.3 Å². The molecule has 0 aliphatic carbocycles. The van der Waals surface area contributed by atoms with Gasteiger partial charge in [-0.2, -0.15) is 9.36 Å². The zero-order chi connectivity index (χ0) is 17.4. The number of anilines is 3. The first-order valence-corrected chi connectivity index (χ1v) is 8.73. The second-order valence-electron chi connectivity index (χ2n) is 6.41. The Kier molecular flexibility index (Phi) is 3.76. The summed E-state index contributed by atoms with van der Waals surface area (Å²) < 4.78 is 10.3. The van der Waals surface area contributed by atoms with Gasteiger partial charge in [-0.25, -0.2) is 9.97 Å². The zero-order valence-electron chi connectivity index (χ0n) is 14.2. The Morgan fingerprint density at radius 3 is 3.00 bits per heavy atom. The van der Waals surface area contributed by atoms with Crippen molar-refractivity contribution in [2.75, 3.05) is 17.7 Å². The summed E-state index contributed by atoms with van der Waals surface area (Å²) in [5, 5.41) is 6.96. The molecule has 7 nitrogen and oxygen atoms in total. The summed E-state index contributed by atoms with van der Waals surface area (Å²) >= 11 is 1.28. The van der Waals surface area contributed by atoms with Gasteiger partial charge in [0.15, 0.2) is 11.6 Å². The maximum atomic E-state index is 5.87. The summed E-state index contributed by atoms with van der Waals surface area (Å²) in [6.07, 6.45) is 4.34. The first-order valence-electron chi connectivity index (χ1n) is 7.96. The van der Waals surface area contributed by atoms with Gasteiger partial charge in [-0.05, 0) is 32.0 Å². The van der Waals surface area contributed by atoms with E-state index in [1.807, 2.05) is 25.2 Å². The Morgan fingerprint density at radius 1 is 1.28 bits per heavy atom. The van der Waals surface area contributed by atoms with Gasteiger partial charge in [0.05, 0.1) is 11.9 Å². The van der Waals surface area contributed by atoms with Crippen molar-refractivity contribution < 1.29 is 4.74 Å². The van der Waals surface area contributed by atoms with Gasteiger partial charge in [0.25, 0.3) is 0 Å². The highest BCUT2D eigenvalue weighted by atomic mass is 32.1. The van der Waals surface area contributed by atoms with Crippen LogP contribution in [0.4, 0.5) is 16.6 Å². The van der Waals surface area contributed by atoms with Crippen LogP contribution in [0.5, 0.6) is 5.75 Å². The molecule has 1 aliphatic rings. The van der Waals surface area contributed by atoms with E-state index in [-0.39, 0.29) is 5.60 Å². The van der Waals surface area contributed by atoms with Crippen molar-refractivity contribution in [2.45, 2.75) is 25.9 Å². The molecule has 25 heavy (non-hydrogen) atoms. The molecule has 0 unspecified atom stereocenters. The fourth-order valence-electron chi connectivity index (χ4n) is 2.82. The lowest BCUT2D eigenvalue weighted by Gasteiger charge is -2.16. The predicted octanol–water partition coefficient (Wildman–Crippen LogP) is 3.49. The molecule has 2 N–H and O–H groups in total. The largest absolute Gasteiger partial charge is 0.486 e. The molecule has 0 aromatic carbocycles. The maximum Gasteiger partial charge on any atom is 0.208 e. The molecule has 8 heteroatoms. The molecule has 0 atom stereocenters. The number of ether oxygens (including phenoxy) is 1. The first-order chi connectivity index (χ1) is 12.0. The van der Waals surface area contributed by atoms with E-state index in [2.05, 4.69) is 43.8 Å². The van der Waals surface area contributed by atoms with Crippen molar-refractivity contribution in [3.63, 3.8) is 0 Å². The molecular formula is C17H18N6OS. The third kappa shape index (κ3) is 3.12. The van der Waals surface area contributed by atoms with E-state index >= 15 is 0 Å². The summed E-state index contributed by atoms with van der Waals surface area (Å²) in [4.78, 5) is 13.3. The second kappa shape index (κ2) is 5.96. The molecular weight excluding hydrogens is 336 g/mol. The van der Waals surface area contributed by atoms with Crippen molar-refractivity contribution in [2.24, 2.45) is 0 Å². The molecule has 4 rings (SSSR count). The second-order valence-corrected chi connectivity index (χ2v) is 7.17. The van der Waals surface area contributed by atoms with E-state index in [9.17, 15) is 0 Å². The lowest BCUT2D eigenvalue weighted by atomic mass is 10.0. The van der Waals surface area contributed by atoms with E-state index in [0.717, 1.165) is 29.1 Å². The van der Waals surface area contributed by atoms with Crippen LogP contribution in [0.25, 0.3) is 11.5 Å². The molecule has 0 radical (unpaired) electrons. The smallest absolute Gasteiger partial charge is 0.208 e. The fraction of sp³-hybridized carbons (Fsp3) is 0.294. The maximum absolute atomic E-state index is 5.87. The number of rotatable bonds is 4. The van der Waals surface area contributed by atoms with Crippen LogP contribution in [0.2, 0.25) is 0 Å². The average Bonchev–Trinajstić information content (AvgIpc) is 3.17. The number of fused-ring (bicyclic) bond motifs is 1. The Labute approximate surface area is 149 Å². The lowest BCUT2D eigenvalue weighted by molar-refractivity contribution is 0.138. The summed E-state index contributed by atoms with van der Waals surface area (Å²) in [5.41, 5.74) is 2.60. The van der Waals surface area contributed by atoms with Gasteiger partial charge in [0, 0.05) is 36.8 Å². The van der Waals surface area contributed by atoms with Crippen LogP contribution in [0, 0.1) is 0 Å². The molecule has 0 fully saturated rings. The zero-order valence-corrected chi connectivity index (χ0v) is 15.0. The van der Waals surface area contributed by atoms with E-state index < -0.39 is 0 Å². The van der Waals surface area contributed by atoms with E-state index in [1.165, 1.54) is 11.5 Å². The molecule has 4 heterocycles. The Bertz CT molecular complexity index is 923. The third-order valence-electron chi connectivity index (χ3n) is 3.91. The molecule has 128 valence electrons. The van der Waals surface area contributed by atoms with Gasteiger partial charge >= 0.3 is 0 Å². The summed E-state index contributed by atoms with van der Waals surface area (Å²) in [5.74, 6) is 2.15. The minimum Gasteiger partial charge on any atom is -0.486 e. The van der Waals surface area contributed by atoms with Gasteiger partial charge in [-0.15, -0.1) is 0 Å². The van der Waals surface area contributed by atoms with E-state index in [0.29, 0.717) is 16.8 Å². The van der Waals surface area contributed by atoms with Crippen LogP contribution in [-0.4, -0.2) is 32.0 Å². The van der Waals surface area contributed by atoms with E-state index in [1.54, 1.807) is 12.4 Å². The minimum atomic E-state index is -0.187. The van der Waals surface area contributed by atoms with Gasteiger partial charge in [0.2, 0.25) is 5.13 Å². The van der Waals surface area contributed by atoms with Crippen LogP contribution in [0.3, 0.4) is 0 Å². The van der Waals surface area contributed by atoms with Gasteiger partial charge in [0.1, 0.15) is 17.0 Å². The highest BCUT2D eigenvalue weighted by molar-refractivity contribution is 7.09. The summed E-state index contributed by atoms with van der Waals surface area (Å²) in [6, 6.07) is 5.83. The molecule has 0 amide bonds. The van der Waals surface area contributed by atoms with Crippen LogP contribution < -0.4 is 15.4 Å². The van der Waals surface area contributed by atoms with Crippen LogP contribution in [-0.2, 0) is 6.42 Å².